The molecule has 1 fully saturated rings. The Morgan fingerprint density at radius 3 is 2.76 bits per heavy atom. The second kappa shape index (κ2) is 7.46. The highest BCUT2D eigenvalue weighted by Crippen LogP contribution is 2.26. The highest BCUT2D eigenvalue weighted by molar-refractivity contribution is 5.92. The monoisotopic (exact) mass is 394 g/mol. The summed E-state index contributed by atoms with van der Waals surface area (Å²) in [6, 6.07) is 7.66. The summed E-state index contributed by atoms with van der Waals surface area (Å²) in [4.78, 5) is 30.8. The smallest absolute Gasteiger partial charge is 0.308 e. The van der Waals surface area contributed by atoms with Crippen LogP contribution < -0.4 is 0 Å². The number of aryl methyl sites for hydroxylation is 2. The Labute approximate surface area is 169 Å². The molecule has 2 atom stereocenters. The minimum absolute atomic E-state index is 0.00738. The maximum atomic E-state index is 12.9. The van der Waals surface area contributed by atoms with Crippen LogP contribution in [0.15, 0.2) is 24.3 Å². The van der Waals surface area contributed by atoms with E-state index in [1.165, 1.54) is 0 Å². The predicted octanol–water partition coefficient (Wildman–Crippen LogP) is 3.14. The lowest BCUT2D eigenvalue weighted by molar-refractivity contribution is -0.149. The minimum Gasteiger partial charge on any atom is -0.481 e. The Balaban J connectivity index is 1.57. The molecule has 3 aromatic rings. The van der Waals surface area contributed by atoms with E-state index >= 15 is 0 Å². The largest absolute Gasteiger partial charge is 0.481 e. The van der Waals surface area contributed by atoms with Crippen molar-refractivity contribution in [2.75, 3.05) is 6.54 Å². The number of carboxylic acid groups (broad SMARTS) is 1. The lowest BCUT2D eigenvalue weighted by atomic mass is 9.90. The van der Waals surface area contributed by atoms with Gasteiger partial charge in [0, 0.05) is 35.8 Å². The van der Waals surface area contributed by atoms with Gasteiger partial charge in [0.25, 0.3) is 0 Å². The van der Waals surface area contributed by atoms with E-state index in [0.717, 1.165) is 39.9 Å². The molecule has 0 aliphatic carbocycles. The predicted molar refractivity (Wildman–Crippen MR) is 110 cm³/mol. The first-order valence-corrected chi connectivity index (χ1v) is 10.1. The zero-order chi connectivity index (χ0) is 20.7. The normalized spacial score (nSPS) is 19.8. The Morgan fingerprint density at radius 2 is 2.00 bits per heavy atom. The summed E-state index contributed by atoms with van der Waals surface area (Å²) in [6.07, 6.45) is 2.27. The van der Waals surface area contributed by atoms with E-state index in [9.17, 15) is 14.7 Å². The molecule has 1 aromatic carbocycles. The van der Waals surface area contributed by atoms with Crippen LogP contribution in [0, 0.1) is 19.8 Å². The van der Waals surface area contributed by atoms with Crippen LogP contribution in [0.3, 0.4) is 0 Å². The molecule has 1 aliphatic heterocycles. The van der Waals surface area contributed by atoms with Gasteiger partial charge in [-0.25, -0.2) is 9.50 Å². The lowest BCUT2D eigenvalue weighted by Gasteiger charge is -2.37. The summed E-state index contributed by atoms with van der Waals surface area (Å²) in [5.41, 5.74) is 4.66. The number of hydrogen-bond donors (Lipinski definition) is 1. The standard InChI is InChI=1S/C22H26N4O3/c1-13-16(10-11-20(27)25-12-6-8-17(14(25)2)22(28)29)15(3)26-21(23-13)18-7-4-5-9-19(18)24-26/h4-5,7,9,14,17H,6,8,10-12H2,1-3H3,(H,28,29)/t14-,17-/m1/s1. The molecule has 2 aromatic heterocycles. The van der Waals surface area contributed by atoms with Gasteiger partial charge in [-0.2, -0.15) is 5.10 Å². The number of carbonyl (C=O) groups excluding carboxylic acids is 1. The highest BCUT2D eigenvalue weighted by Gasteiger charge is 2.35. The van der Waals surface area contributed by atoms with Crippen molar-refractivity contribution in [3.05, 3.63) is 41.2 Å². The third-order valence-electron chi connectivity index (χ3n) is 6.23. The zero-order valence-electron chi connectivity index (χ0n) is 17.1. The van der Waals surface area contributed by atoms with Crippen LogP contribution in [0.25, 0.3) is 16.6 Å². The molecule has 7 heteroatoms. The molecule has 3 heterocycles. The maximum Gasteiger partial charge on any atom is 0.308 e. The number of nitrogens with zero attached hydrogens (tertiary/aromatic N) is 4. The van der Waals surface area contributed by atoms with Gasteiger partial charge in [0.2, 0.25) is 5.91 Å². The molecule has 0 bridgehead atoms. The number of aromatic nitrogens is 3. The van der Waals surface area contributed by atoms with Crippen molar-refractivity contribution in [2.45, 2.75) is 52.5 Å². The van der Waals surface area contributed by atoms with Crippen molar-refractivity contribution in [3.63, 3.8) is 0 Å². The van der Waals surface area contributed by atoms with E-state index in [1.807, 2.05) is 49.6 Å². The lowest BCUT2D eigenvalue weighted by Crippen LogP contribution is -2.49. The molecule has 0 spiro atoms. The molecule has 4 rings (SSSR count). The minimum atomic E-state index is -0.818. The van der Waals surface area contributed by atoms with Gasteiger partial charge < -0.3 is 10.0 Å². The van der Waals surface area contributed by atoms with Gasteiger partial charge in [-0.15, -0.1) is 0 Å². The molecule has 29 heavy (non-hydrogen) atoms. The first-order valence-electron chi connectivity index (χ1n) is 10.1. The van der Waals surface area contributed by atoms with Crippen molar-refractivity contribution in [1.29, 1.82) is 0 Å². The number of amides is 1. The number of benzene rings is 1. The van der Waals surface area contributed by atoms with Crippen LogP contribution in [0.5, 0.6) is 0 Å². The molecule has 7 nitrogen and oxygen atoms in total. The Kier molecular flexibility index (Phi) is 4.98. The third kappa shape index (κ3) is 3.34. The number of fused-ring (bicyclic) bond motifs is 3. The van der Waals surface area contributed by atoms with Crippen LogP contribution >= 0.6 is 0 Å². The molecule has 1 N–H and O–H groups in total. The van der Waals surface area contributed by atoms with Crippen LogP contribution in [-0.4, -0.2) is 49.1 Å². The van der Waals surface area contributed by atoms with Crippen LogP contribution in [-0.2, 0) is 16.0 Å². The highest BCUT2D eigenvalue weighted by atomic mass is 16.4. The summed E-state index contributed by atoms with van der Waals surface area (Å²) in [6.45, 7) is 6.45. The summed E-state index contributed by atoms with van der Waals surface area (Å²) >= 11 is 0. The number of carbonyl (C=O) groups is 2. The topological polar surface area (TPSA) is 87.8 Å². The van der Waals surface area contributed by atoms with Crippen molar-refractivity contribution in [1.82, 2.24) is 19.5 Å². The molecular weight excluding hydrogens is 368 g/mol. The van der Waals surface area contributed by atoms with Crippen LogP contribution in [0.1, 0.15) is 43.1 Å². The quantitative estimate of drug-likeness (QED) is 0.734. The molecule has 152 valence electrons. The molecule has 0 radical (unpaired) electrons. The molecule has 1 saturated heterocycles. The Hall–Kier alpha value is -2.96. The first kappa shape index (κ1) is 19.4. The van der Waals surface area contributed by atoms with Gasteiger partial charge in [0.1, 0.15) is 0 Å². The third-order valence-corrected chi connectivity index (χ3v) is 6.23. The number of likely N-dealkylation sites (tertiary alicyclic amines) is 1. The first-order chi connectivity index (χ1) is 13.9. The van der Waals surface area contributed by atoms with Gasteiger partial charge in [0.05, 0.1) is 11.4 Å². The van der Waals surface area contributed by atoms with Crippen molar-refractivity contribution in [3.8, 4) is 0 Å². The number of aliphatic carboxylic acids is 1. The fourth-order valence-corrected chi connectivity index (χ4v) is 4.54. The Morgan fingerprint density at radius 1 is 1.24 bits per heavy atom. The number of rotatable bonds is 4. The van der Waals surface area contributed by atoms with E-state index in [2.05, 4.69) is 5.10 Å². The fourth-order valence-electron chi connectivity index (χ4n) is 4.54. The maximum absolute atomic E-state index is 12.9. The molecule has 1 amide bonds. The summed E-state index contributed by atoms with van der Waals surface area (Å²) in [5, 5.41) is 15.1. The molecular formula is C22H26N4O3. The van der Waals surface area contributed by atoms with E-state index < -0.39 is 11.9 Å². The van der Waals surface area contributed by atoms with Crippen molar-refractivity contribution >= 4 is 28.4 Å². The van der Waals surface area contributed by atoms with Gasteiger partial charge in [0.15, 0.2) is 5.65 Å². The van der Waals surface area contributed by atoms with Gasteiger partial charge in [-0.05, 0) is 57.7 Å². The van der Waals surface area contributed by atoms with Gasteiger partial charge in [-0.3, -0.25) is 9.59 Å². The molecule has 1 aliphatic rings. The number of carboxylic acids is 1. The molecule has 0 saturated carbocycles. The average Bonchev–Trinajstić information content (AvgIpc) is 3.06. The summed E-state index contributed by atoms with van der Waals surface area (Å²) in [7, 11) is 0. The second-order valence-electron chi connectivity index (χ2n) is 7.93. The van der Waals surface area contributed by atoms with Crippen LogP contribution in [0.4, 0.5) is 0 Å². The molecule has 0 unspecified atom stereocenters. The van der Waals surface area contributed by atoms with Gasteiger partial charge >= 0.3 is 5.97 Å². The summed E-state index contributed by atoms with van der Waals surface area (Å²) in [5.74, 6) is -1.29. The van der Waals surface area contributed by atoms with E-state index in [4.69, 9.17) is 4.98 Å². The average molecular weight is 394 g/mol. The second-order valence-corrected chi connectivity index (χ2v) is 7.93. The van der Waals surface area contributed by atoms with E-state index in [-0.39, 0.29) is 11.9 Å². The van der Waals surface area contributed by atoms with E-state index in [0.29, 0.717) is 25.8 Å². The summed E-state index contributed by atoms with van der Waals surface area (Å²) < 4.78 is 1.86. The van der Waals surface area contributed by atoms with Gasteiger partial charge in [-0.1, -0.05) is 12.1 Å². The number of piperidine rings is 1. The Bertz CT molecular complexity index is 1100. The van der Waals surface area contributed by atoms with Crippen LogP contribution in [0.2, 0.25) is 0 Å². The van der Waals surface area contributed by atoms with E-state index in [1.54, 1.807) is 4.90 Å². The zero-order valence-corrected chi connectivity index (χ0v) is 17.1. The SMILES string of the molecule is Cc1nc2c3ccccc3nn2c(C)c1CCC(=O)N1CCC[C@@H](C(=O)O)[C@H]1C. The van der Waals surface area contributed by atoms with Crippen molar-refractivity contribution in [2.24, 2.45) is 5.92 Å². The number of hydrogen-bond acceptors (Lipinski definition) is 4. The fraction of sp³-hybridized carbons (Fsp3) is 0.455. The van der Waals surface area contributed by atoms with Crippen molar-refractivity contribution < 1.29 is 14.7 Å².